The number of hydrogen-bond acceptors (Lipinski definition) is 1. The molecule has 15 heavy (non-hydrogen) atoms. The third-order valence-corrected chi connectivity index (χ3v) is 2.88. The summed E-state index contributed by atoms with van der Waals surface area (Å²) in [4.78, 5) is 11.1. The largest absolute Gasteiger partial charge is 0.351 e. The summed E-state index contributed by atoms with van der Waals surface area (Å²) in [5.41, 5.74) is 0.390. The Morgan fingerprint density at radius 2 is 2.20 bits per heavy atom. The van der Waals surface area contributed by atoms with Gasteiger partial charge in [-0.05, 0) is 31.4 Å². The number of benzene rings is 1. The molecule has 0 saturated carbocycles. The van der Waals surface area contributed by atoms with Crippen LogP contribution in [-0.4, -0.2) is 11.4 Å². The maximum Gasteiger partial charge on any atom is 0.220 e. The van der Waals surface area contributed by atoms with Gasteiger partial charge in [0.25, 0.3) is 0 Å². The van der Waals surface area contributed by atoms with E-state index in [0.717, 1.165) is 6.42 Å². The highest BCUT2D eigenvalue weighted by atomic mass is 19.1. The van der Waals surface area contributed by atoms with Crippen LogP contribution in [0.4, 0.5) is 4.39 Å². The molecule has 2 nitrogen and oxygen atoms in total. The van der Waals surface area contributed by atoms with Crippen LogP contribution in [0, 0.1) is 5.82 Å². The Balaban J connectivity index is 2.15. The quantitative estimate of drug-likeness (QED) is 0.790. The fourth-order valence-electron chi connectivity index (χ4n) is 2.05. The second-order valence-corrected chi connectivity index (χ2v) is 4.38. The summed E-state index contributed by atoms with van der Waals surface area (Å²) in [6, 6.07) is 6.72. The average molecular weight is 207 g/mol. The van der Waals surface area contributed by atoms with Crippen molar-refractivity contribution in [1.82, 2.24) is 5.32 Å². The van der Waals surface area contributed by atoms with Crippen molar-refractivity contribution in [2.45, 2.75) is 31.7 Å². The first-order valence-corrected chi connectivity index (χ1v) is 5.13. The zero-order chi connectivity index (χ0) is 10.9. The molecule has 0 spiro atoms. The molecule has 1 heterocycles. The van der Waals surface area contributed by atoms with E-state index in [1.807, 2.05) is 13.0 Å². The van der Waals surface area contributed by atoms with Crippen molar-refractivity contribution in [3.8, 4) is 0 Å². The van der Waals surface area contributed by atoms with E-state index in [1.165, 1.54) is 6.07 Å². The van der Waals surface area contributed by atoms with E-state index in [1.54, 1.807) is 12.1 Å². The van der Waals surface area contributed by atoms with Crippen molar-refractivity contribution < 1.29 is 9.18 Å². The lowest BCUT2D eigenvalue weighted by Gasteiger charge is -2.24. The van der Waals surface area contributed by atoms with E-state index in [9.17, 15) is 9.18 Å². The van der Waals surface area contributed by atoms with Crippen LogP contribution in [0.5, 0.6) is 0 Å². The van der Waals surface area contributed by atoms with Gasteiger partial charge in [-0.2, -0.15) is 0 Å². The lowest BCUT2D eigenvalue weighted by Crippen LogP contribution is -2.40. The molecule has 1 unspecified atom stereocenters. The standard InChI is InChI=1S/C12H14FNO/c1-12(7-6-11(15)14-12)8-9-4-2-3-5-10(9)13/h2-5H,6-8H2,1H3,(H,14,15). The van der Waals surface area contributed by atoms with E-state index in [4.69, 9.17) is 0 Å². The van der Waals surface area contributed by atoms with Crippen molar-refractivity contribution in [2.24, 2.45) is 0 Å². The zero-order valence-corrected chi connectivity index (χ0v) is 8.72. The van der Waals surface area contributed by atoms with E-state index in [0.29, 0.717) is 18.4 Å². The molecule has 1 aromatic carbocycles. The highest BCUT2D eigenvalue weighted by Crippen LogP contribution is 2.25. The molecule has 0 bridgehead atoms. The van der Waals surface area contributed by atoms with Gasteiger partial charge in [0.2, 0.25) is 5.91 Å². The van der Waals surface area contributed by atoms with Gasteiger partial charge in [-0.1, -0.05) is 18.2 Å². The molecule has 1 amide bonds. The topological polar surface area (TPSA) is 29.1 Å². The van der Waals surface area contributed by atoms with Gasteiger partial charge in [0, 0.05) is 12.0 Å². The first-order chi connectivity index (χ1) is 7.09. The molecule has 1 N–H and O–H groups in total. The Morgan fingerprint density at radius 1 is 1.47 bits per heavy atom. The first-order valence-electron chi connectivity index (χ1n) is 5.13. The number of nitrogens with one attached hydrogen (secondary N) is 1. The Morgan fingerprint density at radius 3 is 2.80 bits per heavy atom. The predicted molar refractivity (Wildman–Crippen MR) is 55.9 cm³/mol. The minimum absolute atomic E-state index is 0.0637. The fourth-order valence-corrected chi connectivity index (χ4v) is 2.05. The highest BCUT2D eigenvalue weighted by Gasteiger charge is 2.33. The van der Waals surface area contributed by atoms with Crippen LogP contribution < -0.4 is 5.32 Å². The van der Waals surface area contributed by atoms with Crippen molar-refractivity contribution in [2.75, 3.05) is 0 Å². The predicted octanol–water partition coefficient (Wildman–Crippen LogP) is 2.04. The summed E-state index contributed by atoms with van der Waals surface area (Å²) in [6.07, 6.45) is 1.89. The van der Waals surface area contributed by atoms with E-state index < -0.39 is 0 Å². The van der Waals surface area contributed by atoms with Gasteiger partial charge in [0.1, 0.15) is 5.82 Å². The van der Waals surface area contributed by atoms with Crippen molar-refractivity contribution in [3.05, 3.63) is 35.6 Å². The monoisotopic (exact) mass is 207 g/mol. The molecule has 2 rings (SSSR count). The SMILES string of the molecule is CC1(Cc2ccccc2F)CCC(=O)N1. The molecule has 1 fully saturated rings. The molecular formula is C12H14FNO. The third-order valence-electron chi connectivity index (χ3n) is 2.88. The Hall–Kier alpha value is -1.38. The Kier molecular flexibility index (Phi) is 2.47. The van der Waals surface area contributed by atoms with Crippen LogP contribution in [0.2, 0.25) is 0 Å². The molecular weight excluding hydrogens is 193 g/mol. The van der Waals surface area contributed by atoms with Gasteiger partial charge in [-0.25, -0.2) is 4.39 Å². The Bertz CT molecular complexity index is 391. The van der Waals surface area contributed by atoms with Crippen LogP contribution in [0.25, 0.3) is 0 Å². The second-order valence-electron chi connectivity index (χ2n) is 4.38. The normalized spacial score (nSPS) is 25.3. The lowest BCUT2D eigenvalue weighted by atomic mass is 9.91. The summed E-state index contributed by atoms with van der Waals surface area (Å²) < 4.78 is 13.4. The third kappa shape index (κ3) is 2.17. The molecule has 1 aliphatic rings. The summed E-state index contributed by atoms with van der Waals surface area (Å²) in [7, 11) is 0. The number of hydrogen-bond donors (Lipinski definition) is 1. The van der Waals surface area contributed by atoms with Gasteiger partial charge < -0.3 is 5.32 Å². The smallest absolute Gasteiger partial charge is 0.220 e. The van der Waals surface area contributed by atoms with E-state index >= 15 is 0 Å². The molecule has 1 atom stereocenters. The van der Waals surface area contributed by atoms with Crippen LogP contribution in [0.3, 0.4) is 0 Å². The number of rotatable bonds is 2. The molecule has 0 radical (unpaired) electrons. The van der Waals surface area contributed by atoms with Gasteiger partial charge in [-0.15, -0.1) is 0 Å². The summed E-state index contributed by atoms with van der Waals surface area (Å²) >= 11 is 0. The van der Waals surface area contributed by atoms with Crippen LogP contribution in [0.15, 0.2) is 24.3 Å². The van der Waals surface area contributed by atoms with Gasteiger partial charge >= 0.3 is 0 Å². The molecule has 1 aromatic rings. The molecule has 1 aliphatic heterocycles. The van der Waals surface area contributed by atoms with Gasteiger partial charge in [0.15, 0.2) is 0 Å². The molecule has 80 valence electrons. The van der Waals surface area contributed by atoms with Gasteiger partial charge in [0.05, 0.1) is 0 Å². The van der Waals surface area contributed by atoms with Crippen LogP contribution in [0.1, 0.15) is 25.3 Å². The minimum Gasteiger partial charge on any atom is -0.351 e. The van der Waals surface area contributed by atoms with Crippen LogP contribution in [-0.2, 0) is 11.2 Å². The fraction of sp³-hybridized carbons (Fsp3) is 0.417. The van der Waals surface area contributed by atoms with Crippen LogP contribution >= 0.6 is 0 Å². The Labute approximate surface area is 88.5 Å². The number of carbonyl (C=O) groups excluding carboxylic acids is 1. The van der Waals surface area contributed by atoms with E-state index in [-0.39, 0.29) is 17.3 Å². The maximum absolute atomic E-state index is 13.4. The van der Waals surface area contributed by atoms with Crippen molar-refractivity contribution >= 4 is 5.91 Å². The summed E-state index contributed by atoms with van der Waals surface area (Å²) in [6.45, 7) is 1.96. The van der Waals surface area contributed by atoms with Gasteiger partial charge in [-0.3, -0.25) is 4.79 Å². The first kappa shape index (κ1) is 10.1. The highest BCUT2D eigenvalue weighted by molar-refractivity contribution is 5.79. The second kappa shape index (κ2) is 3.65. The number of carbonyl (C=O) groups is 1. The molecule has 3 heteroatoms. The molecule has 1 saturated heterocycles. The minimum atomic E-state index is -0.278. The lowest BCUT2D eigenvalue weighted by molar-refractivity contribution is -0.119. The maximum atomic E-state index is 13.4. The van der Waals surface area contributed by atoms with E-state index in [2.05, 4.69) is 5.32 Å². The summed E-state index contributed by atoms with van der Waals surface area (Å²) in [5, 5.41) is 2.90. The average Bonchev–Trinajstić information content (AvgIpc) is 2.51. The summed E-state index contributed by atoms with van der Waals surface area (Å²) in [5.74, 6) is -0.131. The number of halogens is 1. The molecule has 0 aromatic heterocycles. The zero-order valence-electron chi connectivity index (χ0n) is 8.72. The van der Waals surface area contributed by atoms with Crippen molar-refractivity contribution in [1.29, 1.82) is 0 Å². The number of amides is 1. The van der Waals surface area contributed by atoms with Crippen molar-refractivity contribution in [3.63, 3.8) is 0 Å². The molecule has 0 aliphatic carbocycles.